The summed E-state index contributed by atoms with van der Waals surface area (Å²) >= 11 is 1.10. The molecule has 16 heavy (non-hydrogen) atoms. The molecule has 2 N–H and O–H groups in total. The van der Waals surface area contributed by atoms with Crippen molar-refractivity contribution >= 4 is 21.4 Å². The minimum atomic E-state index is -3.66. The predicted molar refractivity (Wildman–Crippen MR) is 63.7 cm³/mol. The average Bonchev–Trinajstić information content (AvgIpc) is 2.61. The summed E-state index contributed by atoms with van der Waals surface area (Å²) in [6, 6.07) is 9.41. The zero-order valence-electron chi connectivity index (χ0n) is 8.54. The Morgan fingerprint density at radius 3 is 2.38 bits per heavy atom. The normalized spacial score (nSPS) is 11.6. The SMILES string of the molecule is Cc1nc(-c2ccccc2)sc1S(N)(=O)=O. The second-order valence-corrected chi connectivity index (χ2v) is 6.06. The van der Waals surface area contributed by atoms with Crippen LogP contribution >= 0.6 is 11.3 Å². The Labute approximate surface area is 97.8 Å². The van der Waals surface area contributed by atoms with E-state index in [-0.39, 0.29) is 4.21 Å². The van der Waals surface area contributed by atoms with Gasteiger partial charge < -0.3 is 0 Å². The van der Waals surface area contributed by atoms with Gasteiger partial charge in [-0.05, 0) is 6.92 Å². The maximum Gasteiger partial charge on any atom is 0.249 e. The molecule has 2 aromatic rings. The summed E-state index contributed by atoms with van der Waals surface area (Å²) < 4.78 is 22.6. The van der Waals surface area contributed by atoms with Crippen molar-refractivity contribution in [2.24, 2.45) is 5.14 Å². The van der Waals surface area contributed by atoms with Gasteiger partial charge >= 0.3 is 0 Å². The molecule has 0 saturated heterocycles. The van der Waals surface area contributed by atoms with E-state index in [0.29, 0.717) is 10.7 Å². The van der Waals surface area contributed by atoms with Gasteiger partial charge in [0.25, 0.3) is 0 Å². The first-order valence-electron chi connectivity index (χ1n) is 4.54. The van der Waals surface area contributed by atoms with E-state index in [4.69, 9.17) is 5.14 Å². The highest BCUT2D eigenvalue weighted by atomic mass is 32.2. The second-order valence-electron chi connectivity index (χ2n) is 3.30. The van der Waals surface area contributed by atoms with Crippen molar-refractivity contribution < 1.29 is 8.42 Å². The van der Waals surface area contributed by atoms with E-state index < -0.39 is 10.0 Å². The van der Waals surface area contributed by atoms with Crippen molar-refractivity contribution in [2.45, 2.75) is 11.1 Å². The third-order valence-electron chi connectivity index (χ3n) is 2.03. The van der Waals surface area contributed by atoms with Crippen LogP contribution in [0.1, 0.15) is 5.69 Å². The highest BCUT2D eigenvalue weighted by Crippen LogP contribution is 2.29. The van der Waals surface area contributed by atoms with Gasteiger partial charge in [0, 0.05) is 5.56 Å². The summed E-state index contributed by atoms with van der Waals surface area (Å²) in [5.41, 5.74) is 1.34. The molecule has 1 aromatic heterocycles. The molecule has 1 heterocycles. The van der Waals surface area contributed by atoms with E-state index in [0.717, 1.165) is 16.9 Å². The van der Waals surface area contributed by atoms with Gasteiger partial charge in [-0.3, -0.25) is 0 Å². The molecule has 0 aliphatic rings. The van der Waals surface area contributed by atoms with Crippen LogP contribution in [0.4, 0.5) is 0 Å². The Morgan fingerprint density at radius 2 is 1.88 bits per heavy atom. The number of nitrogens with zero attached hydrogens (tertiary/aromatic N) is 1. The topological polar surface area (TPSA) is 73.0 Å². The standard InChI is InChI=1S/C10H10N2O2S2/c1-7-10(16(11,13)14)15-9(12-7)8-5-3-2-4-6-8/h2-6H,1H3,(H2,11,13,14). The maximum absolute atomic E-state index is 11.2. The summed E-state index contributed by atoms with van der Waals surface area (Å²) in [4.78, 5) is 4.21. The van der Waals surface area contributed by atoms with Crippen LogP contribution in [0.3, 0.4) is 0 Å². The quantitative estimate of drug-likeness (QED) is 0.887. The van der Waals surface area contributed by atoms with Crippen LogP contribution in [-0.4, -0.2) is 13.4 Å². The van der Waals surface area contributed by atoms with Gasteiger partial charge in [-0.2, -0.15) is 0 Å². The Kier molecular flexibility index (Phi) is 2.79. The number of thiazole rings is 1. The highest BCUT2D eigenvalue weighted by Gasteiger charge is 2.17. The van der Waals surface area contributed by atoms with Gasteiger partial charge in [-0.25, -0.2) is 18.5 Å². The number of rotatable bonds is 2. The van der Waals surface area contributed by atoms with Gasteiger partial charge in [0.1, 0.15) is 5.01 Å². The van der Waals surface area contributed by atoms with Gasteiger partial charge in [0.2, 0.25) is 10.0 Å². The largest absolute Gasteiger partial charge is 0.249 e. The molecule has 6 heteroatoms. The first-order valence-corrected chi connectivity index (χ1v) is 6.90. The predicted octanol–water partition coefficient (Wildman–Crippen LogP) is 1.77. The van der Waals surface area contributed by atoms with Gasteiger partial charge in [-0.1, -0.05) is 30.3 Å². The van der Waals surface area contributed by atoms with Crippen LogP contribution in [0, 0.1) is 6.92 Å². The van der Waals surface area contributed by atoms with E-state index in [1.165, 1.54) is 0 Å². The van der Waals surface area contributed by atoms with Crippen molar-refractivity contribution in [3.8, 4) is 10.6 Å². The molecule has 0 bridgehead atoms. The number of sulfonamides is 1. The lowest BCUT2D eigenvalue weighted by Crippen LogP contribution is -2.11. The molecular weight excluding hydrogens is 244 g/mol. The Bertz CT molecular complexity index is 603. The number of aromatic nitrogens is 1. The molecule has 0 amide bonds. The van der Waals surface area contributed by atoms with E-state index >= 15 is 0 Å². The molecule has 1 aromatic carbocycles. The number of primary sulfonamides is 1. The summed E-state index contributed by atoms with van der Waals surface area (Å²) in [6.45, 7) is 1.64. The zero-order valence-corrected chi connectivity index (χ0v) is 10.2. The molecule has 0 atom stereocenters. The van der Waals surface area contributed by atoms with Crippen LogP contribution in [0.2, 0.25) is 0 Å². The summed E-state index contributed by atoms with van der Waals surface area (Å²) in [6.07, 6.45) is 0. The maximum atomic E-state index is 11.2. The molecule has 4 nitrogen and oxygen atoms in total. The van der Waals surface area contributed by atoms with Crippen LogP contribution in [0.5, 0.6) is 0 Å². The summed E-state index contributed by atoms with van der Waals surface area (Å²) in [7, 11) is -3.66. The first kappa shape index (κ1) is 11.3. The second kappa shape index (κ2) is 3.97. The fourth-order valence-corrected chi connectivity index (χ4v) is 3.31. The van der Waals surface area contributed by atoms with Crippen LogP contribution in [0.15, 0.2) is 34.5 Å². The zero-order chi connectivity index (χ0) is 11.8. The van der Waals surface area contributed by atoms with Crippen molar-refractivity contribution in [2.75, 3.05) is 0 Å². The molecule has 0 spiro atoms. The van der Waals surface area contributed by atoms with Gasteiger partial charge in [-0.15, -0.1) is 11.3 Å². The lowest BCUT2D eigenvalue weighted by molar-refractivity contribution is 0.599. The molecule has 0 aliphatic heterocycles. The molecule has 0 aliphatic carbocycles. The molecule has 0 unspecified atom stereocenters. The molecular formula is C10H10N2O2S2. The lowest BCUT2D eigenvalue weighted by atomic mass is 10.2. The van der Waals surface area contributed by atoms with Crippen molar-refractivity contribution in [3.05, 3.63) is 36.0 Å². The number of benzene rings is 1. The highest BCUT2D eigenvalue weighted by molar-refractivity contribution is 7.91. The third kappa shape index (κ3) is 2.13. The van der Waals surface area contributed by atoms with Crippen molar-refractivity contribution in [1.29, 1.82) is 0 Å². The van der Waals surface area contributed by atoms with Gasteiger partial charge in [0.15, 0.2) is 4.21 Å². The number of nitrogens with two attached hydrogens (primary N) is 1. The Balaban J connectivity index is 2.55. The molecule has 0 radical (unpaired) electrons. The van der Waals surface area contributed by atoms with E-state index in [9.17, 15) is 8.42 Å². The summed E-state index contributed by atoms with van der Waals surface area (Å²) in [5.74, 6) is 0. The Morgan fingerprint density at radius 1 is 1.25 bits per heavy atom. The van der Waals surface area contributed by atoms with Crippen LogP contribution < -0.4 is 5.14 Å². The molecule has 0 saturated carbocycles. The molecule has 0 fully saturated rings. The minimum Gasteiger partial charge on any atom is -0.240 e. The van der Waals surface area contributed by atoms with Crippen molar-refractivity contribution in [3.63, 3.8) is 0 Å². The number of hydrogen-bond donors (Lipinski definition) is 1. The fourth-order valence-electron chi connectivity index (χ4n) is 1.35. The number of hydrogen-bond acceptors (Lipinski definition) is 4. The minimum absolute atomic E-state index is 0.131. The van der Waals surface area contributed by atoms with E-state index in [1.807, 2.05) is 30.3 Å². The summed E-state index contributed by atoms with van der Waals surface area (Å²) in [5, 5.41) is 5.76. The van der Waals surface area contributed by atoms with E-state index in [2.05, 4.69) is 4.98 Å². The van der Waals surface area contributed by atoms with E-state index in [1.54, 1.807) is 6.92 Å². The van der Waals surface area contributed by atoms with Crippen LogP contribution in [-0.2, 0) is 10.0 Å². The molecule has 84 valence electrons. The number of aryl methyl sites for hydroxylation is 1. The smallest absolute Gasteiger partial charge is 0.240 e. The molecule has 2 rings (SSSR count). The monoisotopic (exact) mass is 254 g/mol. The van der Waals surface area contributed by atoms with Crippen LogP contribution in [0.25, 0.3) is 10.6 Å². The lowest BCUT2D eigenvalue weighted by Gasteiger charge is -1.92. The van der Waals surface area contributed by atoms with Gasteiger partial charge in [0.05, 0.1) is 5.69 Å². The first-order chi connectivity index (χ1) is 7.48. The van der Waals surface area contributed by atoms with Crippen molar-refractivity contribution in [1.82, 2.24) is 4.98 Å². The Hall–Kier alpha value is -1.24. The average molecular weight is 254 g/mol. The third-order valence-corrected chi connectivity index (χ3v) is 4.79. The fraction of sp³-hybridized carbons (Fsp3) is 0.100.